The summed E-state index contributed by atoms with van der Waals surface area (Å²) >= 11 is 13.6. The van der Waals surface area contributed by atoms with Crippen molar-refractivity contribution in [3.8, 4) is 0 Å². The normalized spacial score (nSPS) is 12.7. The lowest BCUT2D eigenvalue weighted by atomic mass is 10.3. The minimum atomic E-state index is -0.639. The monoisotopic (exact) mass is 152 g/mol. The molecule has 0 heterocycles. The molecule has 0 aromatic carbocycles. The Morgan fingerprint density at radius 3 is 1.57 bits per heavy atom. The minimum Gasteiger partial charge on any atom is -0.122 e. The zero-order valence-corrected chi connectivity index (χ0v) is 7.08. The van der Waals surface area contributed by atoms with Gasteiger partial charge in [0.25, 0.3) is 0 Å². The van der Waals surface area contributed by atoms with Crippen molar-refractivity contribution in [3.63, 3.8) is 0 Å². The molecule has 0 rings (SSSR count). The Morgan fingerprint density at radius 1 is 1.43 bits per heavy atom. The van der Waals surface area contributed by atoms with Crippen molar-refractivity contribution in [2.45, 2.75) is 17.0 Å². The first-order chi connectivity index (χ1) is 2.94. The molecule has 2 radical (unpaired) electrons. The van der Waals surface area contributed by atoms with Gasteiger partial charge >= 0.3 is 0 Å². The largest absolute Gasteiger partial charge is 0.184 e. The maximum Gasteiger partial charge on any atom is 0.184 e. The quantitative estimate of drug-likeness (QED) is 0.398. The molecule has 0 aromatic heterocycles. The summed E-state index contributed by atoms with van der Waals surface area (Å²) in [7, 11) is 0. The SMILES string of the molecule is CC(C)[C]([Al])(Cl)Cl. The minimum absolute atomic E-state index is 0.292. The number of rotatable bonds is 1. The van der Waals surface area contributed by atoms with E-state index in [0.29, 0.717) is 5.92 Å². The maximum absolute atomic E-state index is 5.60. The fourth-order valence-electron chi connectivity index (χ4n) is 0. The molecule has 0 atom stereocenters. The highest BCUT2D eigenvalue weighted by Crippen LogP contribution is 2.24. The predicted octanol–water partition coefficient (Wildman–Crippen LogP) is 1.94. The Balaban J connectivity index is 3.54. The smallest absolute Gasteiger partial charge is 0.122 e. The summed E-state index contributed by atoms with van der Waals surface area (Å²) in [5, 5.41) is 0. The van der Waals surface area contributed by atoms with E-state index in [-0.39, 0.29) is 0 Å². The second-order valence-corrected chi connectivity index (χ2v) is 4.92. The molecule has 0 aliphatic heterocycles. The first-order valence-electron chi connectivity index (χ1n) is 2.11. The van der Waals surface area contributed by atoms with Gasteiger partial charge in [0.05, 0.1) is 0 Å². The van der Waals surface area contributed by atoms with Crippen LogP contribution in [0.25, 0.3) is 0 Å². The first-order valence-corrected chi connectivity index (χ1v) is 3.44. The summed E-state index contributed by atoms with van der Waals surface area (Å²) in [4.78, 5) is 0. The van der Waals surface area contributed by atoms with E-state index in [9.17, 15) is 0 Å². The van der Waals surface area contributed by atoms with Crippen LogP contribution in [0.15, 0.2) is 0 Å². The molecule has 0 saturated heterocycles. The average molecular weight is 153 g/mol. The van der Waals surface area contributed by atoms with Gasteiger partial charge in [0.1, 0.15) is 0 Å². The van der Waals surface area contributed by atoms with Crippen LogP contribution in [-0.2, 0) is 0 Å². The van der Waals surface area contributed by atoms with Crippen LogP contribution in [0, 0.1) is 5.92 Å². The Bertz CT molecular complexity index is 55.2. The standard InChI is InChI=1S/C4H7Cl2.Al/c1-3(2)4(5)6;/h3H,1-2H3;. The lowest BCUT2D eigenvalue weighted by molar-refractivity contribution is 0.669. The Labute approximate surface area is 62.6 Å². The summed E-state index contributed by atoms with van der Waals surface area (Å²) in [6.45, 7) is 3.93. The molecule has 0 aliphatic carbocycles. The van der Waals surface area contributed by atoms with E-state index >= 15 is 0 Å². The van der Waals surface area contributed by atoms with Gasteiger partial charge in [-0.3, -0.25) is 0 Å². The van der Waals surface area contributed by atoms with E-state index in [1.54, 1.807) is 0 Å². The first kappa shape index (κ1) is 8.11. The average Bonchev–Trinajstić information content (AvgIpc) is 1.31. The van der Waals surface area contributed by atoms with Gasteiger partial charge in [0, 0.05) is 3.20 Å². The van der Waals surface area contributed by atoms with Crippen LogP contribution in [-0.4, -0.2) is 19.5 Å². The van der Waals surface area contributed by atoms with E-state index < -0.39 is 3.20 Å². The van der Waals surface area contributed by atoms with Crippen molar-refractivity contribution in [3.05, 3.63) is 0 Å². The molecule has 7 heavy (non-hydrogen) atoms. The number of hydrogen-bond donors (Lipinski definition) is 0. The molecule has 0 N–H and O–H groups in total. The topological polar surface area (TPSA) is 0 Å². The van der Waals surface area contributed by atoms with E-state index in [0.717, 1.165) is 0 Å². The zero-order chi connectivity index (χ0) is 6.08. The summed E-state index contributed by atoms with van der Waals surface area (Å²) < 4.78 is -0.639. The molecule has 0 spiro atoms. The zero-order valence-electron chi connectivity index (χ0n) is 4.41. The second-order valence-electron chi connectivity index (χ2n) is 1.83. The van der Waals surface area contributed by atoms with Crippen LogP contribution in [0.1, 0.15) is 13.8 Å². The van der Waals surface area contributed by atoms with Crippen LogP contribution < -0.4 is 0 Å². The molecule has 0 saturated carbocycles. The molecule has 0 fully saturated rings. The van der Waals surface area contributed by atoms with Gasteiger partial charge in [-0.1, -0.05) is 13.8 Å². The molecule has 0 nitrogen and oxygen atoms in total. The van der Waals surface area contributed by atoms with Gasteiger partial charge < -0.3 is 0 Å². The summed E-state index contributed by atoms with van der Waals surface area (Å²) in [5.74, 6) is 0.292. The molecule has 0 aliphatic rings. The maximum atomic E-state index is 5.60. The fourth-order valence-corrected chi connectivity index (χ4v) is 0. The van der Waals surface area contributed by atoms with Gasteiger partial charge in [-0.15, -0.1) is 23.2 Å². The van der Waals surface area contributed by atoms with Crippen molar-refractivity contribution in [2.75, 3.05) is 0 Å². The molecule has 40 valence electrons. The third-order valence-electron chi connectivity index (χ3n) is 0.770. The van der Waals surface area contributed by atoms with Crippen LogP contribution in [0.5, 0.6) is 0 Å². The molecule has 0 amide bonds. The lowest BCUT2D eigenvalue weighted by Crippen LogP contribution is -2.19. The van der Waals surface area contributed by atoms with Gasteiger partial charge in [0.2, 0.25) is 0 Å². The van der Waals surface area contributed by atoms with Crippen molar-refractivity contribution >= 4 is 39.5 Å². The highest BCUT2D eigenvalue weighted by atomic mass is 35.5. The molecule has 0 aromatic rings. The summed E-state index contributed by atoms with van der Waals surface area (Å²) in [5.41, 5.74) is 0. The fraction of sp³-hybridized carbons (Fsp3) is 1.00. The predicted molar refractivity (Wildman–Crippen MR) is 35.0 cm³/mol. The van der Waals surface area contributed by atoms with E-state index in [4.69, 9.17) is 23.2 Å². The number of hydrogen-bond acceptors (Lipinski definition) is 0. The van der Waals surface area contributed by atoms with Crippen LogP contribution in [0.2, 0.25) is 0 Å². The number of halogens is 2. The van der Waals surface area contributed by atoms with Crippen molar-refractivity contribution in [1.82, 2.24) is 0 Å². The Kier molecular flexibility index (Phi) is 3.01. The third-order valence-corrected chi connectivity index (χ3v) is 2.31. The lowest BCUT2D eigenvalue weighted by Gasteiger charge is -2.18. The second kappa shape index (κ2) is 2.60. The molecule has 0 bridgehead atoms. The van der Waals surface area contributed by atoms with Crippen molar-refractivity contribution < 1.29 is 0 Å². The van der Waals surface area contributed by atoms with Crippen LogP contribution >= 0.6 is 23.2 Å². The molecule has 3 heteroatoms. The van der Waals surface area contributed by atoms with Gasteiger partial charge in [-0.05, 0) is 5.92 Å². The molecule has 0 unspecified atom stereocenters. The summed E-state index contributed by atoms with van der Waals surface area (Å²) in [6, 6.07) is 0. The van der Waals surface area contributed by atoms with Crippen molar-refractivity contribution in [1.29, 1.82) is 0 Å². The van der Waals surface area contributed by atoms with Gasteiger partial charge in [-0.2, -0.15) is 0 Å². The van der Waals surface area contributed by atoms with E-state index in [2.05, 4.69) is 16.3 Å². The van der Waals surface area contributed by atoms with Crippen LogP contribution in [0.4, 0.5) is 0 Å². The van der Waals surface area contributed by atoms with E-state index in [1.807, 2.05) is 13.8 Å². The third kappa shape index (κ3) is 3.67. The van der Waals surface area contributed by atoms with Crippen LogP contribution in [0.3, 0.4) is 0 Å². The molecular weight excluding hydrogens is 146 g/mol. The Morgan fingerprint density at radius 2 is 1.57 bits per heavy atom. The van der Waals surface area contributed by atoms with Crippen molar-refractivity contribution in [2.24, 2.45) is 5.92 Å². The Hall–Kier alpha value is 1.11. The molecular formula is C4H7AlCl2. The van der Waals surface area contributed by atoms with Gasteiger partial charge in [-0.25, -0.2) is 0 Å². The van der Waals surface area contributed by atoms with Gasteiger partial charge in [0.15, 0.2) is 16.3 Å². The van der Waals surface area contributed by atoms with E-state index in [1.165, 1.54) is 0 Å². The highest BCUT2D eigenvalue weighted by molar-refractivity contribution is 6.65. The highest BCUT2D eigenvalue weighted by Gasteiger charge is 2.18. The summed E-state index contributed by atoms with van der Waals surface area (Å²) in [6.07, 6.45) is 0. The number of alkyl halides is 2.